The SMILES string of the molecule is Cc1ccc(S(=O)(=O)OCC2CC(O)C2)cc1. The molecule has 0 saturated heterocycles. The van der Waals surface area contributed by atoms with Crippen molar-refractivity contribution in [1.82, 2.24) is 0 Å². The second kappa shape index (κ2) is 4.76. The summed E-state index contributed by atoms with van der Waals surface area (Å²) < 4.78 is 28.5. The lowest BCUT2D eigenvalue weighted by molar-refractivity contribution is 0.0214. The minimum atomic E-state index is -3.65. The summed E-state index contributed by atoms with van der Waals surface area (Å²) in [5, 5.41) is 9.09. The molecule has 1 aliphatic carbocycles. The van der Waals surface area contributed by atoms with Crippen LogP contribution in [0.3, 0.4) is 0 Å². The molecule has 0 aromatic heterocycles. The second-order valence-corrected chi connectivity index (χ2v) is 6.16. The molecule has 1 fully saturated rings. The third kappa shape index (κ3) is 3.06. The summed E-state index contributed by atoms with van der Waals surface area (Å²) in [7, 11) is -3.65. The molecule has 1 aromatic carbocycles. The predicted molar refractivity (Wildman–Crippen MR) is 63.0 cm³/mol. The smallest absolute Gasteiger partial charge is 0.296 e. The molecular weight excluding hydrogens is 240 g/mol. The van der Waals surface area contributed by atoms with Crippen LogP contribution < -0.4 is 0 Å². The number of benzene rings is 1. The third-order valence-corrected chi connectivity index (χ3v) is 4.28. The van der Waals surface area contributed by atoms with E-state index in [2.05, 4.69) is 0 Å². The highest BCUT2D eigenvalue weighted by Crippen LogP contribution is 2.28. The van der Waals surface area contributed by atoms with Gasteiger partial charge in [-0.3, -0.25) is 4.18 Å². The van der Waals surface area contributed by atoms with Crippen LogP contribution in [0.5, 0.6) is 0 Å². The Morgan fingerprint density at radius 3 is 2.41 bits per heavy atom. The van der Waals surface area contributed by atoms with Crippen molar-refractivity contribution in [1.29, 1.82) is 0 Å². The van der Waals surface area contributed by atoms with Crippen LogP contribution in [0.1, 0.15) is 18.4 Å². The molecule has 0 spiro atoms. The monoisotopic (exact) mass is 256 g/mol. The zero-order chi connectivity index (χ0) is 12.5. The van der Waals surface area contributed by atoms with Crippen LogP contribution >= 0.6 is 0 Å². The van der Waals surface area contributed by atoms with E-state index in [0.29, 0.717) is 12.8 Å². The van der Waals surface area contributed by atoms with E-state index in [1.807, 2.05) is 6.92 Å². The predicted octanol–water partition coefficient (Wildman–Crippen LogP) is 1.47. The van der Waals surface area contributed by atoms with E-state index in [0.717, 1.165) is 5.56 Å². The van der Waals surface area contributed by atoms with E-state index in [4.69, 9.17) is 9.29 Å². The Morgan fingerprint density at radius 2 is 1.88 bits per heavy atom. The summed E-state index contributed by atoms with van der Waals surface area (Å²) in [5.41, 5.74) is 1.01. The fourth-order valence-electron chi connectivity index (χ4n) is 1.80. The normalized spacial score (nSPS) is 24.4. The quantitative estimate of drug-likeness (QED) is 0.829. The molecule has 0 amide bonds. The van der Waals surface area contributed by atoms with Gasteiger partial charge in [0.1, 0.15) is 0 Å². The second-order valence-electron chi connectivity index (χ2n) is 4.54. The van der Waals surface area contributed by atoms with Crippen molar-refractivity contribution >= 4 is 10.1 Å². The number of aliphatic hydroxyl groups excluding tert-OH is 1. The molecule has 4 nitrogen and oxygen atoms in total. The molecule has 0 unspecified atom stereocenters. The van der Waals surface area contributed by atoms with Gasteiger partial charge >= 0.3 is 0 Å². The van der Waals surface area contributed by atoms with Gasteiger partial charge in [0.2, 0.25) is 0 Å². The van der Waals surface area contributed by atoms with Gasteiger partial charge in [-0.1, -0.05) is 17.7 Å². The summed E-state index contributed by atoms with van der Waals surface area (Å²) in [4.78, 5) is 0.183. The van der Waals surface area contributed by atoms with E-state index in [1.54, 1.807) is 24.3 Å². The van der Waals surface area contributed by atoms with Crippen molar-refractivity contribution < 1.29 is 17.7 Å². The molecule has 1 saturated carbocycles. The lowest BCUT2D eigenvalue weighted by Gasteiger charge is -2.30. The van der Waals surface area contributed by atoms with E-state index < -0.39 is 10.1 Å². The minimum absolute atomic E-state index is 0.158. The van der Waals surface area contributed by atoms with Crippen LogP contribution in [0.2, 0.25) is 0 Å². The fraction of sp³-hybridized carbons (Fsp3) is 0.500. The Bertz CT molecular complexity index is 472. The topological polar surface area (TPSA) is 63.6 Å². The van der Waals surface area contributed by atoms with Crippen LogP contribution in [0, 0.1) is 12.8 Å². The fourth-order valence-corrected chi connectivity index (χ4v) is 2.77. The van der Waals surface area contributed by atoms with Gasteiger partial charge in [-0.05, 0) is 37.8 Å². The van der Waals surface area contributed by atoms with Gasteiger partial charge in [-0.25, -0.2) is 0 Å². The molecule has 0 radical (unpaired) electrons. The molecule has 0 bridgehead atoms. The lowest BCUT2D eigenvalue weighted by atomic mass is 9.83. The van der Waals surface area contributed by atoms with E-state index in [1.165, 1.54) is 0 Å². The Kier molecular flexibility index (Phi) is 3.51. The van der Waals surface area contributed by atoms with Crippen molar-refractivity contribution in [2.24, 2.45) is 5.92 Å². The van der Waals surface area contributed by atoms with Crippen molar-refractivity contribution in [2.75, 3.05) is 6.61 Å². The van der Waals surface area contributed by atoms with Crippen LogP contribution in [0.15, 0.2) is 29.2 Å². The first-order chi connectivity index (χ1) is 7.97. The molecule has 17 heavy (non-hydrogen) atoms. The molecular formula is C12H16O4S. The molecule has 0 heterocycles. The highest BCUT2D eigenvalue weighted by atomic mass is 32.2. The first-order valence-corrected chi connectivity index (χ1v) is 7.02. The van der Waals surface area contributed by atoms with Gasteiger partial charge in [0.05, 0.1) is 17.6 Å². The molecule has 0 atom stereocenters. The van der Waals surface area contributed by atoms with Crippen molar-refractivity contribution in [3.8, 4) is 0 Å². The zero-order valence-corrected chi connectivity index (χ0v) is 10.5. The maximum atomic E-state index is 11.8. The van der Waals surface area contributed by atoms with Gasteiger partial charge in [0, 0.05) is 0 Å². The third-order valence-electron chi connectivity index (χ3n) is 2.98. The van der Waals surface area contributed by atoms with Gasteiger partial charge < -0.3 is 5.11 Å². The maximum absolute atomic E-state index is 11.8. The van der Waals surface area contributed by atoms with Crippen LogP contribution in [-0.2, 0) is 14.3 Å². The Balaban J connectivity index is 1.96. The van der Waals surface area contributed by atoms with Gasteiger partial charge in [-0.15, -0.1) is 0 Å². The highest BCUT2D eigenvalue weighted by Gasteiger charge is 2.29. The summed E-state index contributed by atoms with van der Waals surface area (Å²) in [5.74, 6) is 0.158. The Morgan fingerprint density at radius 1 is 1.29 bits per heavy atom. The number of aryl methyl sites for hydroxylation is 1. The molecule has 0 aliphatic heterocycles. The molecule has 1 aliphatic rings. The largest absolute Gasteiger partial charge is 0.393 e. The number of rotatable bonds is 4. The molecule has 2 rings (SSSR count). The summed E-state index contributed by atoms with van der Waals surface area (Å²) in [6, 6.07) is 6.56. The Labute approximate surface area is 101 Å². The molecule has 1 N–H and O–H groups in total. The van der Waals surface area contributed by atoms with Gasteiger partial charge in [-0.2, -0.15) is 8.42 Å². The summed E-state index contributed by atoms with van der Waals surface area (Å²) in [6.45, 7) is 2.06. The summed E-state index contributed by atoms with van der Waals surface area (Å²) >= 11 is 0. The first-order valence-electron chi connectivity index (χ1n) is 5.61. The number of hydrogen-bond donors (Lipinski definition) is 1. The average Bonchev–Trinajstić information content (AvgIpc) is 2.23. The maximum Gasteiger partial charge on any atom is 0.296 e. The molecule has 1 aromatic rings. The van der Waals surface area contributed by atoms with Crippen molar-refractivity contribution in [3.63, 3.8) is 0 Å². The van der Waals surface area contributed by atoms with Crippen LogP contribution in [0.25, 0.3) is 0 Å². The molecule has 5 heteroatoms. The average molecular weight is 256 g/mol. The van der Waals surface area contributed by atoms with Crippen molar-refractivity contribution in [2.45, 2.75) is 30.8 Å². The van der Waals surface area contributed by atoms with E-state index in [-0.39, 0.29) is 23.5 Å². The van der Waals surface area contributed by atoms with Crippen molar-refractivity contribution in [3.05, 3.63) is 29.8 Å². The van der Waals surface area contributed by atoms with E-state index in [9.17, 15) is 8.42 Å². The zero-order valence-electron chi connectivity index (χ0n) is 9.67. The summed E-state index contributed by atoms with van der Waals surface area (Å²) in [6.07, 6.45) is 0.970. The van der Waals surface area contributed by atoms with E-state index >= 15 is 0 Å². The van der Waals surface area contributed by atoms with Crippen LogP contribution in [0.4, 0.5) is 0 Å². The first kappa shape index (κ1) is 12.5. The van der Waals surface area contributed by atoms with Gasteiger partial charge in [0.15, 0.2) is 0 Å². The van der Waals surface area contributed by atoms with Gasteiger partial charge in [0.25, 0.3) is 10.1 Å². The number of aliphatic hydroxyl groups is 1. The number of hydrogen-bond acceptors (Lipinski definition) is 4. The standard InChI is InChI=1S/C12H16O4S/c1-9-2-4-12(5-3-9)17(14,15)16-8-10-6-11(13)7-10/h2-5,10-11,13H,6-8H2,1H3. The minimum Gasteiger partial charge on any atom is -0.393 e. The lowest BCUT2D eigenvalue weighted by Crippen LogP contribution is -2.32. The highest BCUT2D eigenvalue weighted by molar-refractivity contribution is 7.86. The molecule has 94 valence electrons. The Hall–Kier alpha value is -0.910. The van der Waals surface area contributed by atoms with Crippen LogP contribution in [-0.4, -0.2) is 26.2 Å².